The van der Waals surface area contributed by atoms with Gasteiger partial charge in [-0.05, 0) is 31.8 Å². The first-order chi connectivity index (χ1) is 9.90. The molecule has 0 aliphatic carbocycles. The highest BCUT2D eigenvalue weighted by molar-refractivity contribution is 6.42. The summed E-state index contributed by atoms with van der Waals surface area (Å²) in [4.78, 5) is 2.03. The minimum absolute atomic E-state index is 0.392. The molecule has 114 valence electrons. The van der Waals surface area contributed by atoms with Crippen molar-refractivity contribution < 1.29 is 5.11 Å². The van der Waals surface area contributed by atoms with E-state index in [1.807, 2.05) is 19.0 Å². The maximum absolute atomic E-state index is 10.6. The molecule has 0 saturated heterocycles. The van der Waals surface area contributed by atoms with Gasteiger partial charge in [-0.2, -0.15) is 5.10 Å². The lowest BCUT2D eigenvalue weighted by atomic mass is 10.1. The molecular formula is C14H16Cl3N3O. The number of aliphatic hydroxyl groups excluding tert-OH is 1. The summed E-state index contributed by atoms with van der Waals surface area (Å²) in [5.41, 5.74) is 1.18. The molecular weight excluding hydrogens is 333 g/mol. The standard InChI is InChI=1S/C14H16Cl3N3O/c1-19(2)5-6-20-13(12(17)8-18-20)14(21)9-3-4-10(15)11(16)7-9/h3-4,7-8,14,21H,5-6H2,1-2H3. The molecule has 0 aliphatic heterocycles. The van der Waals surface area contributed by atoms with Crippen LogP contribution >= 0.6 is 34.8 Å². The van der Waals surface area contributed by atoms with Gasteiger partial charge in [-0.15, -0.1) is 0 Å². The van der Waals surface area contributed by atoms with Crippen molar-refractivity contribution >= 4 is 34.8 Å². The number of hydrogen-bond donors (Lipinski definition) is 1. The Labute approximate surface area is 138 Å². The lowest BCUT2D eigenvalue weighted by molar-refractivity contribution is 0.205. The summed E-state index contributed by atoms with van der Waals surface area (Å²) in [6.45, 7) is 1.42. The molecule has 0 fully saturated rings. The molecule has 2 aromatic rings. The Bertz CT molecular complexity index is 628. The first kappa shape index (κ1) is 16.6. The van der Waals surface area contributed by atoms with Crippen LogP contribution in [0.1, 0.15) is 17.4 Å². The van der Waals surface area contributed by atoms with Gasteiger partial charge in [-0.25, -0.2) is 0 Å². The van der Waals surface area contributed by atoms with E-state index in [1.165, 1.54) is 6.20 Å². The van der Waals surface area contributed by atoms with Crippen LogP contribution in [-0.4, -0.2) is 40.4 Å². The third kappa shape index (κ3) is 3.90. The van der Waals surface area contributed by atoms with Crippen LogP contribution in [0.15, 0.2) is 24.4 Å². The molecule has 0 spiro atoms. The summed E-state index contributed by atoms with van der Waals surface area (Å²) >= 11 is 18.1. The largest absolute Gasteiger partial charge is 0.382 e. The van der Waals surface area contributed by atoms with Gasteiger partial charge >= 0.3 is 0 Å². The Morgan fingerprint density at radius 2 is 1.90 bits per heavy atom. The fourth-order valence-electron chi connectivity index (χ4n) is 1.96. The van der Waals surface area contributed by atoms with Crippen LogP contribution in [0.2, 0.25) is 15.1 Å². The third-order valence-electron chi connectivity index (χ3n) is 3.11. The SMILES string of the molecule is CN(C)CCn1ncc(Cl)c1C(O)c1ccc(Cl)c(Cl)c1. The normalized spacial score (nSPS) is 12.9. The van der Waals surface area contributed by atoms with Gasteiger partial charge in [-0.1, -0.05) is 40.9 Å². The number of rotatable bonds is 5. The predicted molar refractivity (Wildman–Crippen MR) is 86.3 cm³/mol. The van der Waals surface area contributed by atoms with E-state index in [1.54, 1.807) is 22.9 Å². The van der Waals surface area contributed by atoms with E-state index < -0.39 is 6.10 Å². The van der Waals surface area contributed by atoms with E-state index in [0.29, 0.717) is 32.9 Å². The number of likely N-dealkylation sites (N-methyl/N-ethyl adjacent to an activating group) is 1. The smallest absolute Gasteiger partial charge is 0.122 e. The molecule has 1 unspecified atom stereocenters. The summed E-state index contributed by atoms with van der Waals surface area (Å²) < 4.78 is 1.70. The Morgan fingerprint density at radius 3 is 2.52 bits per heavy atom. The third-order valence-corrected chi connectivity index (χ3v) is 4.14. The van der Waals surface area contributed by atoms with Crippen molar-refractivity contribution in [2.45, 2.75) is 12.6 Å². The van der Waals surface area contributed by atoms with E-state index in [9.17, 15) is 5.11 Å². The Hall–Kier alpha value is -0.780. The molecule has 0 saturated carbocycles. The van der Waals surface area contributed by atoms with Gasteiger partial charge in [0.05, 0.1) is 33.5 Å². The topological polar surface area (TPSA) is 41.3 Å². The summed E-state index contributed by atoms with van der Waals surface area (Å²) in [5, 5.41) is 16.0. The molecule has 0 amide bonds. The van der Waals surface area contributed by atoms with Crippen molar-refractivity contribution in [1.29, 1.82) is 0 Å². The summed E-state index contributed by atoms with van der Waals surface area (Å²) in [5.74, 6) is 0. The zero-order valence-corrected chi connectivity index (χ0v) is 14.0. The van der Waals surface area contributed by atoms with Crippen LogP contribution in [-0.2, 0) is 6.54 Å². The molecule has 1 aromatic carbocycles. The van der Waals surface area contributed by atoms with E-state index in [2.05, 4.69) is 5.10 Å². The van der Waals surface area contributed by atoms with Gasteiger partial charge in [-0.3, -0.25) is 4.68 Å². The van der Waals surface area contributed by atoms with Crippen molar-refractivity contribution in [3.8, 4) is 0 Å². The van der Waals surface area contributed by atoms with Crippen molar-refractivity contribution in [2.24, 2.45) is 0 Å². The monoisotopic (exact) mass is 347 g/mol. The molecule has 1 aromatic heterocycles. The van der Waals surface area contributed by atoms with Gasteiger partial charge < -0.3 is 10.0 Å². The molecule has 0 aliphatic rings. The van der Waals surface area contributed by atoms with E-state index >= 15 is 0 Å². The number of halogens is 3. The van der Waals surface area contributed by atoms with Gasteiger partial charge in [0.15, 0.2) is 0 Å². The Morgan fingerprint density at radius 1 is 1.19 bits per heavy atom. The Balaban J connectivity index is 2.31. The molecule has 1 atom stereocenters. The summed E-state index contributed by atoms with van der Waals surface area (Å²) in [7, 11) is 3.94. The first-order valence-corrected chi connectivity index (χ1v) is 7.52. The lowest BCUT2D eigenvalue weighted by Gasteiger charge is -2.16. The fourth-order valence-corrected chi connectivity index (χ4v) is 2.51. The quantitative estimate of drug-likeness (QED) is 0.899. The molecule has 0 bridgehead atoms. The van der Waals surface area contributed by atoms with Gasteiger partial charge in [0, 0.05) is 6.54 Å². The van der Waals surface area contributed by atoms with Crippen molar-refractivity contribution in [1.82, 2.24) is 14.7 Å². The molecule has 2 rings (SSSR count). The van der Waals surface area contributed by atoms with Gasteiger partial charge in [0.2, 0.25) is 0 Å². The van der Waals surface area contributed by atoms with Crippen molar-refractivity contribution in [2.75, 3.05) is 20.6 Å². The summed E-state index contributed by atoms with van der Waals surface area (Å²) in [6.07, 6.45) is 0.629. The zero-order valence-electron chi connectivity index (χ0n) is 11.7. The minimum atomic E-state index is -0.906. The average molecular weight is 349 g/mol. The highest BCUT2D eigenvalue weighted by Crippen LogP contribution is 2.31. The number of benzene rings is 1. The lowest BCUT2D eigenvalue weighted by Crippen LogP contribution is -2.21. The van der Waals surface area contributed by atoms with E-state index in [-0.39, 0.29) is 0 Å². The molecule has 1 heterocycles. The second kappa shape index (κ2) is 6.99. The number of aliphatic hydroxyl groups is 1. The van der Waals surface area contributed by atoms with Crippen LogP contribution in [0.3, 0.4) is 0 Å². The highest BCUT2D eigenvalue weighted by atomic mass is 35.5. The second-order valence-electron chi connectivity index (χ2n) is 4.98. The number of nitrogens with zero attached hydrogens (tertiary/aromatic N) is 3. The number of hydrogen-bond acceptors (Lipinski definition) is 3. The van der Waals surface area contributed by atoms with Gasteiger partial charge in [0.25, 0.3) is 0 Å². The maximum Gasteiger partial charge on any atom is 0.122 e. The average Bonchev–Trinajstić information content (AvgIpc) is 2.80. The van der Waals surface area contributed by atoms with Gasteiger partial charge in [0.1, 0.15) is 6.10 Å². The van der Waals surface area contributed by atoms with Crippen LogP contribution in [0.25, 0.3) is 0 Å². The van der Waals surface area contributed by atoms with Crippen molar-refractivity contribution in [3.05, 3.63) is 50.7 Å². The molecule has 21 heavy (non-hydrogen) atoms. The predicted octanol–water partition coefficient (Wildman–Crippen LogP) is 3.49. The highest BCUT2D eigenvalue weighted by Gasteiger charge is 2.20. The molecule has 4 nitrogen and oxygen atoms in total. The molecule has 1 N–H and O–H groups in total. The minimum Gasteiger partial charge on any atom is -0.382 e. The van der Waals surface area contributed by atoms with E-state index in [0.717, 1.165) is 6.54 Å². The number of aromatic nitrogens is 2. The van der Waals surface area contributed by atoms with E-state index in [4.69, 9.17) is 34.8 Å². The molecule has 7 heteroatoms. The van der Waals surface area contributed by atoms with Crippen molar-refractivity contribution in [3.63, 3.8) is 0 Å². The van der Waals surface area contributed by atoms with Crippen LogP contribution in [0.5, 0.6) is 0 Å². The van der Waals surface area contributed by atoms with Crippen LogP contribution in [0.4, 0.5) is 0 Å². The Kier molecular flexibility index (Phi) is 5.52. The second-order valence-corrected chi connectivity index (χ2v) is 6.20. The molecule has 0 radical (unpaired) electrons. The fraction of sp³-hybridized carbons (Fsp3) is 0.357. The maximum atomic E-state index is 10.6. The van der Waals surface area contributed by atoms with Crippen LogP contribution < -0.4 is 0 Å². The zero-order chi connectivity index (χ0) is 15.6. The first-order valence-electron chi connectivity index (χ1n) is 6.39. The summed E-state index contributed by atoms with van der Waals surface area (Å²) in [6, 6.07) is 5.00. The van der Waals surface area contributed by atoms with Crippen LogP contribution in [0, 0.1) is 0 Å².